The van der Waals surface area contributed by atoms with Crippen LogP contribution in [0.1, 0.15) is 38.0 Å². The summed E-state index contributed by atoms with van der Waals surface area (Å²) >= 11 is 1.66. The summed E-state index contributed by atoms with van der Waals surface area (Å²) in [6.07, 6.45) is 7.25. The summed E-state index contributed by atoms with van der Waals surface area (Å²) in [7, 11) is 0. The Hall–Kier alpha value is -1.13. The molecule has 4 heteroatoms. The Morgan fingerprint density at radius 3 is 2.86 bits per heavy atom. The second-order valence-electron chi connectivity index (χ2n) is 5.74. The van der Waals surface area contributed by atoms with E-state index in [-0.39, 0.29) is 11.9 Å². The van der Waals surface area contributed by atoms with Crippen LogP contribution in [0.5, 0.6) is 0 Å². The van der Waals surface area contributed by atoms with E-state index in [0.717, 1.165) is 24.4 Å². The number of thiophene rings is 1. The number of rotatable bonds is 7. The normalized spacial score (nSPS) is 17.4. The lowest BCUT2D eigenvalue weighted by Gasteiger charge is -2.31. The van der Waals surface area contributed by atoms with Crippen molar-refractivity contribution in [2.75, 3.05) is 26.2 Å². The lowest BCUT2D eigenvalue weighted by atomic mass is 10.2. The van der Waals surface area contributed by atoms with Gasteiger partial charge in [0.2, 0.25) is 5.91 Å². The van der Waals surface area contributed by atoms with Crippen LogP contribution < -0.4 is 0 Å². The minimum atomic E-state index is 0.136. The molecule has 1 saturated heterocycles. The van der Waals surface area contributed by atoms with Crippen molar-refractivity contribution >= 4 is 23.3 Å². The van der Waals surface area contributed by atoms with Crippen LogP contribution in [-0.4, -0.2) is 47.9 Å². The molecule has 0 aliphatic carbocycles. The molecular weight excluding hydrogens is 280 g/mol. The van der Waals surface area contributed by atoms with Crippen LogP contribution in [0, 0.1) is 0 Å². The summed E-state index contributed by atoms with van der Waals surface area (Å²) < 4.78 is 0. The average Bonchev–Trinajstić information content (AvgIpc) is 3.15. The topological polar surface area (TPSA) is 23.6 Å². The highest BCUT2D eigenvalue weighted by Gasteiger charge is 2.21. The van der Waals surface area contributed by atoms with Gasteiger partial charge in [-0.15, -0.1) is 11.3 Å². The van der Waals surface area contributed by atoms with Gasteiger partial charge in [-0.1, -0.05) is 13.0 Å². The van der Waals surface area contributed by atoms with Gasteiger partial charge in [0.15, 0.2) is 0 Å². The molecule has 1 aliphatic heterocycles. The van der Waals surface area contributed by atoms with Crippen LogP contribution in [0.3, 0.4) is 0 Å². The fourth-order valence-corrected chi connectivity index (χ4v) is 3.48. The Morgan fingerprint density at radius 2 is 2.24 bits per heavy atom. The molecule has 1 aromatic heterocycles. The average molecular weight is 306 g/mol. The van der Waals surface area contributed by atoms with E-state index in [2.05, 4.69) is 18.7 Å². The molecule has 1 atom stereocenters. The molecule has 2 heterocycles. The van der Waals surface area contributed by atoms with Gasteiger partial charge in [-0.2, -0.15) is 0 Å². The Labute approximate surface area is 132 Å². The predicted molar refractivity (Wildman–Crippen MR) is 90.5 cm³/mol. The van der Waals surface area contributed by atoms with E-state index < -0.39 is 0 Å². The zero-order valence-electron chi connectivity index (χ0n) is 13.1. The van der Waals surface area contributed by atoms with Crippen molar-refractivity contribution in [3.8, 4) is 0 Å². The van der Waals surface area contributed by atoms with Crippen molar-refractivity contribution in [3.63, 3.8) is 0 Å². The summed E-state index contributed by atoms with van der Waals surface area (Å²) in [5.41, 5.74) is 0. The van der Waals surface area contributed by atoms with Gasteiger partial charge in [-0.25, -0.2) is 0 Å². The quantitative estimate of drug-likeness (QED) is 0.720. The molecule has 0 N–H and O–H groups in total. The lowest BCUT2D eigenvalue weighted by Crippen LogP contribution is -2.44. The van der Waals surface area contributed by atoms with E-state index in [1.807, 2.05) is 28.5 Å². The van der Waals surface area contributed by atoms with Crippen LogP contribution in [-0.2, 0) is 4.79 Å². The first-order chi connectivity index (χ1) is 10.2. The fraction of sp³-hybridized carbons (Fsp3) is 0.588. The molecule has 0 saturated carbocycles. The smallest absolute Gasteiger partial charge is 0.246 e. The molecule has 0 aromatic carbocycles. The van der Waals surface area contributed by atoms with E-state index in [9.17, 15) is 4.79 Å². The fourth-order valence-electron chi connectivity index (χ4n) is 2.86. The Morgan fingerprint density at radius 1 is 1.48 bits per heavy atom. The SMILES string of the molecule is CCCN(C(=O)/C=C/c1cccs1)C(C)CN1CCCC1. The highest BCUT2D eigenvalue weighted by atomic mass is 32.1. The maximum Gasteiger partial charge on any atom is 0.246 e. The molecule has 2 rings (SSSR count). The van der Waals surface area contributed by atoms with Gasteiger partial charge < -0.3 is 9.80 Å². The molecule has 1 unspecified atom stereocenters. The maximum atomic E-state index is 12.5. The minimum absolute atomic E-state index is 0.136. The van der Waals surface area contributed by atoms with Crippen LogP contribution in [0.25, 0.3) is 6.08 Å². The van der Waals surface area contributed by atoms with E-state index in [4.69, 9.17) is 0 Å². The maximum absolute atomic E-state index is 12.5. The van der Waals surface area contributed by atoms with Gasteiger partial charge in [0.1, 0.15) is 0 Å². The summed E-state index contributed by atoms with van der Waals surface area (Å²) in [5.74, 6) is 0.136. The third-order valence-electron chi connectivity index (χ3n) is 3.93. The summed E-state index contributed by atoms with van der Waals surface area (Å²) in [4.78, 5) is 18.1. The van der Waals surface area contributed by atoms with Gasteiger partial charge in [0.05, 0.1) is 0 Å². The number of carbonyl (C=O) groups is 1. The molecule has 116 valence electrons. The summed E-state index contributed by atoms with van der Waals surface area (Å²) in [6.45, 7) is 8.50. The molecule has 0 bridgehead atoms. The molecular formula is C17H26N2OS. The molecule has 1 fully saturated rings. The van der Waals surface area contributed by atoms with Crippen molar-refractivity contribution in [3.05, 3.63) is 28.5 Å². The van der Waals surface area contributed by atoms with Crippen molar-refractivity contribution in [2.24, 2.45) is 0 Å². The first-order valence-corrected chi connectivity index (χ1v) is 8.83. The van der Waals surface area contributed by atoms with Crippen molar-refractivity contribution in [2.45, 2.75) is 39.2 Å². The molecule has 0 radical (unpaired) electrons. The van der Waals surface area contributed by atoms with E-state index in [1.54, 1.807) is 17.4 Å². The molecule has 1 aliphatic rings. The first-order valence-electron chi connectivity index (χ1n) is 7.95. The number of amides is 1. The van der Waals surface area contributed by atoms with Crippen molar-refractivity contribution in [1.29, 1.82) is 0 Å². The minimum Gasteiger partial charge on any atom is -0.335 e. The third-order valence-corrected chi connectivity index (χ3v) is 4.77. The monoisotopic (exact) mass is 306 g/mol. The summed E-state index contributed by atoms with van der Waals surface area (Å²) in [5, 5.41) is 2.03. The van der Waals surface area contributed by atoms with Gasteiger partial charge in [0, 0.05) is 30.1 Å². The van der Waals surface area contributed by atoms with Gasteiger partial charge in [-0.3, -0.25) is 4.79 Å². The zero-order chi connectivity index (χ0) is 15.1. The molecule has 1 amide bonds. The Kier molecular flexibility index (Phi) is 6.46. The second kappa shape index (κ2) is 8.35. The predicted octanol–water partition coefficient (Wildman–Crippen LogP) is 3.48. The number of likely N-dealkylation sites (tertiary alicyclic amines) is 1. The van der Waals surface area contributed by atoms with Gasteiger partial charge >= 0.3 is 0 Å². The highest BCUT2D eigenvalue weighted by molar-refractivity contribution is 7.10. The van der Waals surface area contributed by atoms with Crippen LogP contribution in [0.15, 0.2) is 23.6 Å². The summed E-state index contributed by atoms with van der Waals surface area (Å²) in [6, 6.07) is 4.32. The van der Waals surface area contributed by atoms with E-state index >= 15 is 0 Å². The third kappa shape index (κ3) is 4.97. The number of nitrogens with zero attached hydrogens (tertiary/aromatic N) is 2. The van der Waals surface area contributed by atoms with Gasteiger partial charge in [-0.05, 0) is 56.8 Å². The largest absolute Gasteiger partial charge is 0.335 e. The second-order valence-corrected chi connectivity index (χ2v) is 6.72. The standard InChI is InChI=1S/C17H26N2OS/c1-3-10-19(15(2)14-18-11-4-5-12-18)17(20)9-8-16-7-6-13-21-16/h6-9,13,15H,3-5,10-12,14H2,1-2H3/b9-8+. The van der Waals surface area contributed by atoms with Crippen molar-refractivity contribution in [1.82, 2.24) is 9.80 Å². The number of carbonyl (C=O) groups excluding carboxylic acids is 1. The van der Waals surface area contributed by atoms with E-state index in [0.29, 0.717) is 0 Å². The number of hydrogen-bond acceptors (Lipinski definition) is 3. The molecule has 3 nitrogen and oxygen atoms in total. The van der Waals surface area contributed by atoms with Crippen LogP contribution >= 0.6 is 11.3 Å². The lowest BCUT2D eigenvalue weighted by molar-refractivity contribution is -0.128. The van der Waals surface area contributed by atoms with E-state index in [1.165, 1.54) is 25.9 Å². The zero-order valence-corrected chi connectivity index (χ0v) is 13.9. The van der Waals surface area contributed by atoms with Gasteiger partial charge in [0.25, 0.3) is 0 Å². The van der Waals surface area contributed by atoms with Crippen LogP contribution in [0.4, 0.5) is 0 Å². The molecule has 1 aromatic rings. The Balaban J connectivity index is 1.94. The Bertz CT molecular complexity index is 449. The van der Waals surface area contributed by atoms with Crippen molar-refractivity contribution < 1.29 is 4.79 Å². The molecule has 21 heavy (non-hydrogen) atoms. The van der Waals surface area contributed by atoms with Crippen LogP contribution in [0.2, 0.25) is 0 Å². The molecule has 0 spiro atoms. The number of hydrogen-bond donors (Lipinski definition) is 0. The first kappa shape index (κ1) is 16.2. The highest BCUT2D eigenvalue weighted by Crippen LogP contribution is 2.13.